The van der Waals surface area contributed by atoms with Gasteiger partial charge in [-0.3, -0.25) is 4.79 Å². The highest BCUT2D eigenvalue weighted by Crippen LogP contribution is 2.32. The number of halogens is 3. The van der Waals surface area contributed by atoms with E-state index in [2.05, 4.69) is 6.58 Å². The number of hydrogen-bond donors (Lipinski definition) is 0. The van der Waals surface area contributed by atoms with Crippen LogP contribution in [0.4, 0.5) is 8.78 Å². The smallest absolute Gasteiger partial charge is 0.240 e. The molecular weight excluding hydrogens is 391 g/mol. The number of hydrogen-bond acceptors (Lipinski definition) is 2. The van der Waals surface area contributed by atoms with Crippen molar-refractivity contribution in [2.45, 2.75) is 10.3 Å². The Morgan fingerprint density at radius 3 is 2.67 bits per heavy atom. The van der Waals surface area contributed by atoms with Gasteiger partial charge in [0, 0.05) is 19.2 Å². The van der Waals surface area contributed by atoms with Crippen molar-refractivity contribution in [3.05, 3.63) is 48.1 Å². The molecule has 0 fully saturated rings. The van der Waals surface area contributed by atoms with Crippen molar-refractivity contribution in [3.8, 4) is 5.75 Å². The molecule has 1 aliphatic heterocycles. The van der Waals surface area contributed by atoms with Crippen LogP contribution in [0.5, 0.6) is 5.75 Å². The summed E-state index contributed by atoms with van der Waals surface area (Å²) in [6.45, 7) is 3.63. The minimum Gasteiger partial charge on any atom is -0.489 e. The number of nitrogens with zero attached hydrogens (tertiary/aromatic N) is 1. The topological polar surface area (TPSA) is 29.5 Å². The molecular formula is C15H14F2INO2. The molecule has 1 aromatic carbocycles. The summed E-state index contributed by atoms with van der Waals surface area (Å²) in [5.74, 6) is -1.59. The van der Waals surface area contributed by atoms with Crippen LogP contribution in [0.3, 0.4) is 0 Å². The monoisotopic (exact) mass is 405 g/mol. The Kier molecular flexibility index (Phi) is 4.97. The molecule has 0 saturated carbocycles. The molecule has 1 aromatic rings. The van der Waals surface area contributed by atoms with Crippen molar-refractivity contribution in [1.82, 2.24) is 4.90 Å². The van der Waals surface area contributed by atoms with Crippen molar-refractivity contribution >= 4 is 34.2 Å². The largest absolute Gasteiger partial charge is 0.489 e. The van der Waals surface area contributed by atoms with E-state index in [9.17, 15) is 13.6 Å². The first-order valence-corrected chi connectivity index (χ1v) is 7.55. The summed E-state index contributed by atoms with van der Waals surface area (Å²) < 4.78 is 33.3. The average Bonchev–Trinajstić information content (AvgIpc) is 2.44. The Balaban J connectivity index is 2.40. The normalized spacial score (nSPS) is 18.5. The number of ether oxygens (including phenoxy) is 1. The Bertz CT molecular complexity index is 593. The zero-order chi connectivity index (χ0) is 15.6. The third-order valence-corrected chi connectivity index (χ3v) is 4.16. The molecule has 3 nitrogen and oxygen atoms in total. The lowest BCUT2D eigenvalue weighted by Gasteiger charge is -2.28. The number of carbonyl (C=O) groups is 1. The molecule has 112 valence electrons. The molecule has 21 heavy (non-hydrogen) atoms. The Labute approximate surface area is 135 Å². The lowest BCUT2D eigenvalue weighted by atomic mass is 10.0. The van der Waals surface area contributed by atoms with Crippen LogP contribution in [-0.2, 0) is 4.79 Å². The van der Waals surface area contributed by atoms with E-state index in [4.69, 9.17) is 4.74 Å². The van der Waals surface area contributed by atoms with Gasteiger partial charge < -0.3 is 9.64 Å². The summed E-state index contributed by atoms with van der Waals surface area (Å²) in [5.41, 5.74) is 0.0401. The van der Waals surface area contributed by atoms with E-state index in [0.29, 0.717) is 6.42 Å². The van der Waals surface area contributed by atoms with Crippen molar-refractivity contribution in [2.24, 2.45) is 0 Å². The summed E-state index contributed by atoms with van der Waals surface area (Å²) >= 11 is 2.01. The van der Waals surface area contributed by atoms with Crippen LogP contribution in [0.15, 0.2) is 30.9 Å². The van der Waals surface area contributed by atoms with E-state index >= 15 is 0 Å². The second-order valence-corrected chi connectivity index (χ2v) is 6.06. The maximum absolute atomic E-state index is 14.2. The highest BCUT2D eigenvalue weighted by Gasteiger charge is 2.29. The Morgan fingerprint density at radius 1 is 1.48 bits per heavy atom. The molecule has 0 N–H and O–H groups in total. The second-order valence-electron chi connectivity index (χ2n) is 4.55. The summed E-state index contributed by atoms with van der Waals surface area (Å²) in [5, 5.41) is 0. The molecule has 0 spiro atoms. The number of carbonyl (C=O) groups excluding carboxylic acids is 1. The first-order valence-electron chi connectivity index (χ1n) is 6.30. The highest BCUT2D eigenvalue weighted by atomic mass is 127. The number of rotatable bonds is 4. The predicted molar refractivity (Wildman–Crippen MR) is 85.2 cm³/mol. The van der Waals surface area contributed by atoms with Gasteiger partial charge in [-0.15, -0.1) is 0 Å². The second kappa shape index (κ2) is 6.55. The van der Waals surface area contributed by atoms with E-state index in [-0.39, 0.29) is 33.4 Å². The van der Waals surface area contributed by atoms with Gasteiger partial charge in [-0.25, -0.2) is 8.78 Å². The van der Waals surface area contributed by atoms with Crippen molar-refractivity contribution in [1.29, 1.82) is 0 Å². The van der Waals surface area contributed by atoms with Gasteiger partial charge >= 0.3 is 0 Å². The molecule has 1 aliphatic rings. The molecule has 0 bridgehead atoms. The van der Waals surface area contributed by atoms with Crippen LogP contribution in [-0.4, -0.2) is 28.4 Å². The predicted octanol–water partition coefficient (Wildman–Crippen LogP) is 3.54. The first kappa shape index (κ1) is 15.9. The third-order valence-electron chi connectivity index (χ3n) is 3.12. The van der Waals surface area contributed by atoms with Crippen LogP contribution in [0.1, 0.15) is 12.0 Å². The fourth-order valence-electron chi connectivity index (χ4n) is 2.08. The lowest BCUT2D eigenvalue weighted by molar-refractivity contribution is -0.126. The van der Waals surface area contributed by atoms with Crippen LogP contribution in [0.2, 0.25) is 0 Å². The fraction of sp³-hybridized carbons (Fsp3) is 0.267. The summed E-state index contributed by atoms with van der Waals surface area (Å²) in [6, 6.07) is 2.22. The quantitative estimate of drug-likeness (QED) is 0.436. The minimum absolute atomic E-state index is 0.0887. The molecule has 0 aliphatic carbocycles. The molecule has 0 saturated heterocycles. The van der Waals surface area contributed by atoms with Gasteiger partial charge in [0.15, 0.2) is 0 Å². The van der Waals surface area contributed by atoms with E-state index in [0.717, 1.165) is 12.1 Å². The van der Waals surface area contributed by atoms with E-state index < -0.39 is 11.6 Å². The van der Waals surface area contributed by atoms with Crippen molar-refractivity contribution in [2.75, 3.05) is 13.7 Å². The SMILES string of the molecule is C=CCOc1cc(F)c(C2=CCC(I)C(=O)N2C)c(F)c1. The average molecular weight is 405 g/mol. The molecule has 0 aromatic heterocycles. The first-order chi connectivity index (χ1) is 9.95. The molecule has 1 heterocycles. The Morgan fingerprint density at radius 2 is 2.10 bits per heavy atom. The number of alkyl halides is 1. The van der Waals surface area contributed by atoms with Crippen molar-refractivity contribution in [3.63, 3.8) is 0 Å². The molecule has 1 atom stereocenters. The summed E-state index contributed by atoms with van der Waals surface area (Å²) in [7, 11) is 1.51. The summed E-state index contributed by atoms with van der Waals surface area (Å²) in [6.07, 6.45) is 3.61. The van der Waals surface area contributed by atoms with Gasteiger partial charge in [0.25, 0.3) is 0 Å². The minimum atomic E-state index is -0.758. The number of allylic oxidation sites excluding steroid dienone is 1. The fourth-order valence-corrected chi connectivity index (χ4v) is 2.76. The van der Waals surface area contributed by atoms with Crippen molar-refractivity contribution < 1.29 is 18.3 Å². The van der Waals surface area contributed by atoms with Gasteiger partial charge in [-0.1, -0.05) is 41.3 Å². The van der Waals surface area contributed by atoms with Gasteiger partial charge in [0.05, 0.1) is 15.2 Å². The molecule has 6 heteroatoms. The standard InChI is InChI=1S/C15H14F2INO2/c1-3-6-21-9-7-10(16)14(11(17)8-9)13-5-4-12(18)15(20)19(13)2/h3,5,7-8,12H,1,4,6H2,2H3. The van der Waals surface area contributed by atoms with Crippen LogP contribution in [0, 0.1) is 11.6 Å². The maximum atomic E-state index is 14.2. The van der Waals surface area contributed by atoms with E-state index in [1.54, 1.807) is 6.08 Å². The zero-order valence-corrected chi connectivity index (χ0v) is 13.6. The zero-order valence-electron chi connectivity index (χ0n) is 11.4. The number of benzene rings is 1. The van der Waals surface area contributed by atoms with Gasteiger partial charge in [0.2, 0.25) is 5.91 Å². The van der Waals surface area contributed by atoms with Crippen LogP contribution < -0.4 is 4.74 Å². The van der Waals surface area contributed by atoms with E-state index in [1.807, 2.05) is 22.6 Å². The molecule has 0 radical (unpaired) electrons. The Hall–Kier alpha value is -1.44. The number of amides is 1. The van der Waals surface area contributed by atoms with E-state index in [1.165, 1.54) is 18.0 Å². The van der Waals surface area contributed by atoms with Gasteiger partial charge in [0.1, 0.15) is 24.0 Å². The lowest BCUT2D eigenvalue weighted by Crippen LogP contribution is -2.35. The highest BCUT2D eigenvalue weighted by molar-refractivity contribution is 14.1. The van der Waals surface area contributed by atoms with Gasteiger partial charge in [-0.2, -0.15) is 0 Å². The maximum Gasteiger partial charge on any atom is 0.240 e. The van der Waals surface area contributed by atoms with Crippen LogP contribution >= 0.6 is 22.6 Å². The molecule has 1 unspecified atom stereocenters. The van der Waals surface area contributed by atoms with Gasteiger partial charge in [-0.05, 0) is 6.42 Å². The summed E-state index contributed by atoms with van der Waals surface area (Å²) in [4.78, 5) is 13.2. The third kappa shape index (κ3) is 3.25. The molecule has 1 amide bonds. The molecule has 2 rings (SSSR count). The van der Waals surface area contributed by atoms with Crippen LogP contribution in [0.25, 0.3) is 5.70 Å².